The molecule has 0 saturated carbocycles. The SMILES string of the molecule is O=Cc1cc(-c2ccc(C(=O)O)c(Cl)c2)ccc1O. The van der Waals surface area contributed by atoms with E-state index in [1.807, 2.05) is 0 Å². The van der Waals surface area contributed by atoms with Crippen molar-refractivity contribution in [3.63, 3.8) is 0 Å². The molecule has 4 nitrogen and oxygen atoms in total. The smallest absolute Gasteiger partial charge is 0.337 e. The van der Waals surface area contributed by atoms with E-state index in [4.69, 9.17) is 16.7 Å². The summed E-state index contributed by atoms with van der Waals surface area (Å²) in [7, 11) is 0. The van der Waals surface area contributed by atoms with Crippen LogP contribution in [0.4, 0.5) is 0 Å². The fourth-order valence-electron chi connectivity index (χ4n) is 1.70. The van der Waals surface area contributed by atoms with Gasteiger partial charge in [0.2, 0.25) is 0 Å². The molecule has 5 heteroatoms. The number of hydrogen-bond donors (Lipinski definition) is 2. The molecular formula is C14H9ClO4. The standard InChI is InChI=1S/C14H9ClO4/c15-12-6-9(1-3-11(12)14(18)19)8-2-4-13(17)10(5-8)7-16/h1-7,17H,(H,18,19). The lowest BCUT2D eigenvalue weighted by Crippen LogP contribution is -1.97. The quantitative estimate of drug-likeness (QED) is 0.844. The number of aromatic hydroxyl groups is 1. The number of carbonyl (C=O) groups is 2. The van der Waals surface area contributed by atoms with Gasteiger partial charge >= 0.3 is 5.97 Å². The van der Waals surface area contributed by atoms with Gasteiger partial charge in [0.1, 0.15) is 5.75 Å². The fourth-order valence-corrected chi connectivity index (χ4v) is 1.96. The Bertz CT molecular complexity index is 664. The van der Waals surface area contributed by atoms with Crippen LogP contribution in [0, 0.1) is 0 Å². The minimum absolute atomic E-state index is 0.0137. The summed E-state index contributed by atoms with van der Waals surface area (Å²) in [6, 6.07) is 9.02. The van der Waals surface area contributed by atoms with Crippen molar-refractivity contribution in [1.29, 1.82) is 0 Å². The van der Waals surface area contributed by atoms with E-state index in [-0.39, 0.29) is 21.9 Å². The first-order chi connectivity index (χ1) is 9.02. The summed E-state index contributed by atoms with van der Waals surface area (Å²) >= 11 is 5.88. The predicted octanol–water partition coefficient (Wildman–Crippen LogP) is 3.22. The molecule has 0 aromatic heterocycles. The second-order valence-corrected chi connectivity index (χ2v) is 4.30. The van der Waals surface area contributed by atoms with E-state index in [2.05, 4.69) is 0 Å². The monoisotopic (exact) mass is 276 g/mol. The zero-order chi connectivity index (χ0) is 14.0. The number of rotatable bonds is 3. The van der Waals surface area contributed by atoms with Crippen LogP contribution in [0.25, 0.3) is 11.1 Å². The molecule has 19 heavy (non-hydrogen) atoms. The number of phenolic OH excluding ortho intramolecular Hbond substituents is 1. The van der Waals surface area contributed by atoms with E-state index in [0.717, 1.165) is 0 Å². The average Bonchev–Trinajstić information content (AvgIpc) is 2.38. The fraction of sp³-hybridized carbons (Fsp3) is 0. The Balaban J connectivity index is 2.51. The molecule has 0 radical (unpaired) electrons. The van der Waals surface area contributed by atoms with Crippen LogP contribution in [-0.4, -0.2) is 22.5 Å². The topological polar surface area (TPSA) is 74.6 Å². The molecule has 0 aliphatic rings. The molecule has 0 aliphatic carbocycles. The molecule has 2 rings (SSSR count). The summed E-state index contributed by atoms with van der Waals surface area (Å²) in [5, 5.41) is 18.4. The van der Waals surface area contributed by atoms with E-state index >= 15 is 0 Å². The van der Waals surface area contributed by atoms with Crippen LogP contribution in [0.1, 0.15) is 20.7 Å². The first kappa shape index (κ1) is 13.1. The lowest BCUT2D eigenvalue weighted by atomic mass is 10.0. The zero-order valence-electron chi connectivity index (χ0n) is 9.63. The molecule has 2 aromatic carbocycles. The first-order valence-electron chi connectivity index (χ1n) is 5.34. The molecule has 0 unspecified atom stereocenters. The van der Waals surface area contributed by atoms with Gasteiger partial charge in [-0.25, -0.2) is 4.79 Å². The second kappa shape index (κ2) is 5.12. The Morgan fingerprint density at radius 2 is 1.74 bits per heavy atom. The number of hydrogen-bond acceptors (Lipinski definition) is 3. The Kier molecular flexibility index (Phi) is 3.53. The van der Waals surface area contributed by atoms with Crippen molar-refractivity contribution in [1.82, 2.24) is 0 Å². The minimum atomic E-state index is -1.10. The molecule has 0 fully saturated rings. The van der Waals surface area contributed by atoms with Crippen LogP contribution >= 0.6 is 11.6 Å². The molecule has 0 bridgehead atoms. The normalized spacial score (nSPS) is 10.2. The summed E-state index contributed by atoms with van der Waals surface area (Å²) in [5.41, 5.74) is 1.51. The second-order valence-electron chi connectivity index (χ2n) is 3.89. The van der Waals surface area contributed by atoms with Crippen LogP contribution < -0.4 is 0 Å². The van der Waals surface area contributed by atoms with Crippen molar-refractivity contribution in [2.24, 2.45) is 0 Å². The summed E-state index contributed by atoms with van der Waals surface area (Å²) in [5.74, 6) is -1.21. The molecule has 96 valence electrons. The summed E-state index contributed by atoms with van der Waals surface area (Å²) in [6.45, 7) is 0. The van der Waals surface area contributed by atoms with Crippen molar-refractivity contribution in [2.75, 3.05) is 0 Å². The van der Waals surface area contributed by atoms with Crippen LogP contribution in [0.15, 0.2) is 36.4 Å². The maximum atomic E-state index is 10.9. The van der Waals surface area contributed by atoms with Crippen molar-refractivity contribution >= 4 is 23.9 Å². The number of benzene rings is 2. The average molecular weight is 277 g/mol. The Morgan fingerprint density at radius 3 is 2.32 bits per heavy atom. The molecule has 0 spiro atoms. The molecular weight excluding hydrogens is 268 g/mol. The highest BCUT2D eigenvalue weighted by molar-refractivity contribution is 6.33. The first-order valence-corrected chi connectivity index (χ1v) is 5.72. The molecule has 2 N–H and O–H groups in total. The number of aromatic carboxylic acids is 1. The van der Waals surface area contributed by atoms with Gasteiger partial charge in [-0.1, -0.05) is 23.7 Å². The van der Waals surface area contributed by atoms with Gasteiger partial charge in [0.15, 0.2) is 6.29 Å². The predicted molar refractivity (Wildman–Crippen MR) is 70.9 cm³/mol. The van der Waals surface area contributed by atoms with Crippen molar-refractivity contribution in [3.8, 4) is 16.9 Å². The molecule has 0 amide bonds. The van der Waals surface area contributed by atoms with Crippen LogP contribution in [0.5, 0.6) is 5.75 Å². The van der Waals surface area contributed by atoms with Gasteiger partial charge in [0.05, 0.1) is 16.1 Å². The molecule has 0 aliphatic heterocycles. The highest BCUT2D eigenvalue weighted by atomic mass is 35.5. The van der Waals surface area contributed by atoms with Gasteiger partial charge in [-0.2, -0.15) is 0 Å². The number of carboxylic acid groups (broad SMARTS) is 1. The van der Waals surface area contributed by atoms with E-state index in [9.17, 15) is 14.7 Å². The van der Waals surface area contributed by atoms with Crippen molar-refractivity contribution < 1.29 is 19.8 Å². The lowest BCUT2D eigenvalue weighted by Gasteiger charge is -2.06. The molecule has 0 saturated heterocycles. The van der Waals surface area contributed by atoms with Gasteiger partial charge in [-0.05, 0) is 35.4 Å². The van der Waals surface area contributed by atoms with Gasteiger partial charge < -0.3 is 10.2 Å². The van der Waals surface area contributed by atoms with Gasteiger partial charge in [-0.15, -0.1) is 0 Å². The van der Waals surface area contributed by atoms with Gasteiger partial charge in [0, 0.05) is 0 Å². The third-order valence-electron chi connectivity index (χ3n) is 2.69. The molecule has 2 aromatic rings. The Morgan fingerprint density at radius 1 is 1.11 bits per heavy atom. The van der Waals surface area contributed by atoms with Gasteiger partial charge in [0.25, 0.3) is 0 Å². The van der Waals surface area contributed by atoms with Crippen LogP contribution in [-0.2, 0) is 0 Å². The van der Waals surface area contributed by atoms with E-state index in [1.165, 1.54) is 24.3 Å². The van der Waals surface area contributed by atoms with Crippen LogP contribution in [0.2, 0.25) is 5.02 Å². The number of phenols is 1. The van der Waals surface area contributed by atoms with Crippen molar-refractivity contribution in [2.45, 2.75) is 0 Å². The maximum Gasteiger partial charge on any atom is 0.337 e. The largest absolute Gasteiger partial charge is 0.507 e. The third kappa shape index (κ3) is 2.58. The zero-order valence-corrected chi connectivity index (χ0v) is 10.4. The Hall–Kier alpha value is -2.33. The number of carbonyl (C=O) groups excluding carboxylic acids is 1. The third-order valence-corrected chi connectivity index (χ3v) is 3.00. The number of halogens is 1. The highest BCUT2D eigenvalue weighted by Crippen LogP contribution is 2.28. The summed E-state index contributed by atoms with van der Waals surface area (Å²) in [4.78, 5) is 21.6. The highest BCUT2D eigenvalue weighted by Gasteiger charge is 2.10. The summed E-state index contributed by atoms with van der Waals surface area (Å²) in [6.07, 6.45) is 0.548. The van der Waals surface area contributed by atoms with E-state index in [0.29, 0.717) is 17.4 Å². The van der Waals surface area contributed by atoms with E-state index in [1.54, 1.807) is 12.1 Å². The maximum absolute atomic E-state index is 10.9. The molecule has 0 atom stereocenters. The Labute approximate surface area is 113 Å². The van der Waals surface area contributed by atoms with E-state index < -0.39 is 5.97 Å². The number of aldehydes is 1. The molecule has 0 heterocycles. The lowest BCUT2D eigenvalue weighted by molar-refractivity contribution is 0.0697. The summed E-state index contributed by atoms with van der Waals surface area (Å²) < 4.78 is 0. The number of carboxylic acids is 1. The minimum Gasteiger partial charge on any atom is -0.507 e. The van der Waals surface area contributed by atoms with Crippen molar-refractivity contribution in [3.05, 3.63) is 52.5 Å². The van der Waals surface area contributed by atoms with Crippen LogP contribution in [0.3, 0.4) is 0 Å². The van der Waals surface area contributed by atoms with Gasteiger partial charge in [-0.3, -0.25) is 4.79 Å².